The van der Waals surface area contributed by atoms with Crippen molar-refractivity contribution in [2.75, 3.05) is 19.6 Å². The molecule has 1 aromatic carbocycles. The molecule has 0 unspecified atom stereocenters. The molecule has 0 saturated carbocycles. The van der Waals surface area contributed by atoms with Gasteiger partial charge in [0.25, 0.3) is 0 Å². The van der Waals surface area contributed by atoms with Gasteiger partial charge in [-0.25, -0.2) is 8.78 Å². The summed E-state index contributed by atoms with van der Waals surface area (Å²) in [5.41, 5.74) is 6.64. The average molecular weight is 237 g/mol. The molecule has 5 heteroatoms. The highest BCUT2D eigenvalue weighted by molar-refractivity contribution is 5.25. The van der Waals surface area contributed by atoms with Crippen molar-refractivity contribution < 1.29 is 8.78 Å². The average Bonchev–Trinajstić information content (AvgIpc) is 2.64. The van der Waals surface area contributed by atoms with E-state index in [2.05, 4.69) is 6.07 Å². The summed E-state index contributed by atoms with van der Waals surface area (Å²) < 4.78 is 25.9. The van der Waals surface area contributed by atoms with Gasteiger partial charge in [-0.15, -0.1) is 0 Å². The first-order valence-corrected chi connectivity index (χ1v) is 5.41. The fourth-order valence-electron chi connectivity index (χ4n) is 2.24. The maximum atomic E-state index is 13.1. The van der Waals surface area contributed by atoms with Crippen molar-refractivity contribution in [3.63, 3.8) is 0 Å². The number of nitriles is 1. The molecule has 1 aromatic rings. The van der Waals surface area contributed by atoms with Crippen LogP contribution in [0.1, 0.15) is 11.5 Å². The molecule has 0 aromatic heterocycles. The Hall–Kier alpha value is -1.51. The van der Waals surface area contributed by atoms with Crippen LogP contribution in [0.2, 0.25) is 0 Å². The molecular formula is C12H13F2N3. The zero-order valence-electron chi connectivity index (χ0n) is 9.24. The zero-order valence-corrected chi connectivity index (χ0v) is 9.24. The predicted octanol–water partition coefficient (Wildman–Crippen LogP) is 1.21. The van der Waals surface area contributed by atoms with E-state index in [1.165, 1.54) is 6.07 Å². The second kappa shape index (κ2) is 4.78. The van der Waals surface area contributed by atoms with E-state index in [9.17, 15) is 8.78 Å². The molecule has 17 heavy (non-hydrogen) atoms. The Bertz CT molecular complexity index is 456. The molecule has 1 heterocycles. The molecule has 0 radical (unpaired) electrons. The van der Waals surface area contributed by atoms with E-state index in [0.29, 0.717) is 25.2 Å². The van der Waals surface area contributed by atoms with Crippen molar-refractivity contribution in [3.05, 3.63) is 35.4 Å². The molecule has 1 saturated heterocycles. The van der Waals surface area contributed by atoms with Gasteiger partial charge in [-0.3, -0.25) is 4.90 Å². The third-order valence-corrected chi connectivity index (χ3v) is 3.11. The van der Waals surface area contributed by atoms with Gasteiger partial charge in [-0.1, -0.05) is 6.07 Å². The number of halogens is 2. The van der Waals surface area contributed by atoms with E-state index in [1.807, 2.05) is 4.90 Å². The van der Waals surface area contributed by atoms with Crippen molar-refractivity contribution in [1.29, 1.82) is 5.26 Å². The zero-order chi connectivity index (χ0) is 12.4. The number of likely N-dealkylation sites (tertiary alicyclic amines) is 1. The smallest absolute Gasteiger partial charge is 0.159 e. The monoisotopic (exact) mass is 237 g/mol. The number of nitrogens with zero attached hydrogens (tertiary/aromatic N) is 2. The van der Waals surface area contributed by atoms with Crippen LogP contribution < -0.4 is 5.73 Å². The van der Waals surface area contributed by atoms with E-state index in [4.69, 9.17) is 11.0 Å². The van der Waals surface area contributed by atoms with Gasteiger partial charge >= 0.3 is 0 Å². The molecular weight excluding hydrogens is 224 g/mol. The number of hydrogen-bond acceptors (Lipinski definition) is 3. The lowest BCUT2D eigenvalue weighted by Gasteiger charge is -2.14. The van der Waals surface area contributed by atoms with Crippen LogP contribution in [0.3, 0.4) is 0 Å². The van der Waals surface area contributed by atoms with Gasteiger partial charge in [0.1, 0.15) is 0 Å². The third-order valence-electron chi connectivity index (χ3n) is 3.11. The molecule has 2 rings (SSSR count). The van der Waals surface area contributed by atoms with Gasteiger partial charge in [0.05, 0.1) is 12.6 Å². The third kappa shape index (κ3) is 2.43. The van der Waals surface area contributed by atoms with Gasteiger partial charge in [-0.2, -0.15) is 5.26 Å². The van der Waals surface area contributed by atoms with E-state index in [-0.39, 0.29) is 12.0 Å². The first-order chi connectivity index (χ1) is 8.11. The van der Waals surface area contributed by atoms with Crippen LogP contribution in [0.25, 0.3) is 0 Å². The molecule has 0 bridgehead atoms. The Morgan fingerprint density at radius 2 is 2.12 bits per heavy atom. The lowest BCUT2D eigenvalue weighted by atomic mass is 9.95. The maximum absolute atomic E-state index is 13.1. The lowest BCUT2D eigenvalue weighted by molar-refractivity contribution is 0.372. The van der Waals surface area contributed by atoms with Crippen molar-refractivity contribution in [2.24, 2.45) is 5.73 Å². The largest absolute Gasteiger partial charge is 0.326 e. The van der Waals surface area contributed by atoms with Crippen LogP contribution in [0.4, 0.5) is 8.78 Å². The molecule has 1 aliphatic rings. The summed E-state index contributed by atoms with van der Waals surface area (Å²) in [5.74, 6) is -1.75. The molecule has 3 nitrogen and oxygen atoms in total. The van der Waals surface area contributed by atoms with Crippen LogP contribution in [0.5, 0.6) is 0 Å². The minimum absolute atomic E-state index is 0.0431. The Kier molecular flexibility index (Phi) is 3.36. The predicted molar refractivity (Wildman–Crippen MR) is 59.1 cm³/mol. The highest BCUT2D eigenvalue weighted by Crippen LogP contribution is 2.27. The van der Waals surface area contributed by atoms with Crippen molar-refractivity contribution in [2.45, 2.75) is 12.0 Å². The molecule has 0 spiro atoms. The van der Waals surface area contributed by atoms with Crippen LogP contribution >= 0.6 is 0 Å². The Morgan fingerprint density at radius 3 is 2.76 bits per heavy atom. The number of nitrogens with two attached hydrogens (primary N) is 1. The Labute approximate surface area is 98.4 Å². The minimum atomic E-state index is -0.853. The van der Waals surface area contributed by atoms with E-state index in [1.54, 1.807) is 6.07 Å². The molecule has 90 valence electrons. The minimum Gasteiger partial charge on any atom is -0.326 e. The second-order valence-corrected chi connectivity index (χ2v) is 4.30. The summed E-state index contributed by atoms with van der Waals surface area (Å²) in [4.78, 5) is 1.91. The molecule has 2 atom stereocenters. The molecule has 1 aliphatic heterocycles. The number of rotatable bonds is 2. The van der Waals surface area contributed by atoms with Gasteiger partial charge in [0.2, 0.25) is 0 Å². The quantitative estimate of drug-likeness (QED) is 0.787. The number of benzene rings is 1. The van der Waals surface area contributed by atoms with Crippen molar-refractivity contribution >= 4 is 0 Å². The summed E-state index contributed by atoms with van der Waals surface area (Å²) >= 11 is 0. The maximum Gasteiger partial charge on any atom is 0.159 e. The standard InChI is InChI=1S/C12H13F2N3/c13-10-2-1-8(5-11(10)14)9-6-17(4-3-15)7-12(9)16/h1-2,5,9,12H,4,6-7,16H2/t9-,12+/m0/s1. The summed E-state index contributed by atoms with van der Waals surface area (Å²) in [5, 5.41) is 8.61. The van der Waals surface area contributed by atoms with E-state index < -0.39 is 11.6 Å². The van der Waals surface area contributed by atoms with Crippen molar-refractivity contribution in [1.82, 2.24) is 4.90 Å². The molecule has 0 aliphatic carbocycles. The fraction of sp³-hybridized carbons (Fsp3) is 0.417. The molecule has 1 fully saturated rings. The van der Waals surface area contributed by atoms with E-state index >= 15 is 0 Å². The van der Waals surface area contributed by atoms with E-state index in [0.717, 1.165) is 6.07 Å². The van der Waals surface area contributed by atoms with Gasteiger partial charge < -0.3 is 5.73 Å². The van der Waals surface area contributed by atoms with Crippen LogP contribution in [0.15, 0.2) is 18.2 Å². The fourth-order valence-corrected chi connectivity index (χ4v) is 2.24. The molecule has 0 amide bonds. The van der Waals surface area contributed by atoms with Crippen LogP contribution in [0, 0.1) is 23.0 Å². The number of hydrogen-bond donors (Lipinski definition) is 1. The van der Waals surface area contributed by atoms with Gasteiger partial charge in [-0.05, 0) is 17.7 Å². The second-order valence-electron chi connectivity index (χ2n) is 4.30. The van der Waals surface area contributed by atoms with Crippen LogP contribution in [-0.4, -0.2) is 30.6 Å². The van der Waals surface area contributed by atoms with Gasteiger partial charge in [0, 0.05) is 25.0 Å². The lowest BCUT2D eigenvalue weighted by Crippen LogP contribution is -2.28. The topological polar surface area (TPSA) is 53.0 Å². The highest BCUT2D eigenvalue weighted by atomic mass is 19.2. The summed E-state index contributed by atoms with van der Waals surface area (Å²) in [7, 11) is 0. The summed E-state index contributed by atoms with van der Waals surface area (Å²) in [6.45, 7) is 1.53. The first-order valence-electron chi connectivity index (χ1n) is 5.41. The van der Waals surface area contributed by atoms with Gasteiger partial charge in [0.15, 0.2) is 11.6 Å². The Balaban J connectivity index is 2.17. The first kappa shape index (κ1) is 12.0. The van der Waals surface area contributed by atoms with Crippen LogP contribution in [-0.2, 0) is 0 Å². The molecule has 2 N–H and O–H groups in total. The van der Waals surface area contributed by atoms with Crippen molar-refractivity contribution in [3.8, 4) is 6.07 Å². The normalized spacial score (nSPS) is 24.8. The summed E-state index contributed by atoms with van der Waals surface area (Å²) in [6.07, 6.45) is 0. The SMILES string of the molecule is N#CCN1C[C@@H](N)[C@H](c2ccc(F)c(F)c2)C1. The Morgan fingerprint density at radius 1 is 1.35 bits per heavy atom. The highest BCUT2D eigenvalue weighted by Gasteiger charge is 2.31. The summed E-state index contributed by atoms with van der Waals surface area (Å²) in [6, 6.07) is 5.77.